The molecule has 6 nitrogen and oxygen atoms in total. The zero-order chi connectivity index (χ0) is 14.8. The number of hydrogen-bond acceptors (Lipinski definition) is 5. The van der Waals surface area contributed by atoms with Crippen molar-refractivity contribution in [2.24, 2.45) is 7.05 Å². The molecule has 0 aliphatic heterocycles. The minimum absolute atomic E-state index is 0.521. The smallest absolute Gasteiger partial charge is 0.247 e. The number of rotatable bonds is 4. The fourth-order valence-corrected chi connectivity index (χ4v) is 2.32. The molecule has 1 N–H and O–H groups in total. The highest BCUT2D eigenvalue weighted by Crippen LogP contribution is 2.21. The summed E-state index contributed by atoms with van der Waals surface area (Å²) in [5.41, 5.74) is 5.36. The van der Waals surface area contributed by atoms with Crippen LogP contribution in [-0.4, -0.2) is 20.0 Å². The lowest BCUT2D eigenvalue weighted by Crippen LogP contribution is -2.02. The Hall–Kier alpha value is -2.63. The Morgan fingerprint density at radius 1 is 1.29 bits per heavy atom. The number of benzene rings is 1. The van der Waals surface area contributed by atoms with Crippen molar-refractivity contribution in [3.63, 3.8) is 0 Å². The largest absolute Gasteiger partial charge is 0.423 e. The third-order valence-electron chi connectivity index (χ3n) is 3.60. The van der Waals surface area contributed by atoms with Gasteiger partial charge in [0.15, 0.2) is 0 Å². The van der Waals surface area contributed by atoms with Crippen molar-refractivity contribution in [2.75, 3.05) is 5.32 Å². The maximum absolute atomic E-state index is 5.22. The summed E-state index contributed by atoms with van der Waals surface area (Å²) in [7, 11) is 1.96. The van der Waals surface area contributed by atoms with Gasteiger partial charge in [-0.1, -0.05) is 6.07 Å². The van der Waals surface area contributed by atoms with Crippen molar-refractivity contribution in [1.29, 1.82) is 0 Å². The molecular formula is C15H17N5O. The molecule has 0 radical (unpaired) electrons. The minimum atomic E-state index is 0.521. The average Bonchev–Trinajstić information content (AvgIpc) is 3.08. The lowest BCUT2D eigenvalue weighted by atomic mass is 10.1. The van der Waals surface area contributed by atoms with Gasteiger partial charge in [0, 0.05) is 36.1 Å². The molecule has 0 bridgehead atoms. The highest BCUT2D eigenvalue weighted by molar-refractivity contribution is 5.61. The maximum atomic E-state index is 5.22. The van der Waals surface area contributed by atoms with E-state index in [9.17, 15) is 0 Å². The number of anilines is 1. The first-order valence-electron chi connectivity index (χ1n) is 6.74. The van der Waals surface area contributed by atoms with E-state index in [4.69, 9.17) is 4.42 Å². The first-order chi connectivity index (χ1) is 10.1. The van der Waals surface area contributed by atoms with E-state index in [1.54, 1.807) is 0 Å². The van der Waals surface area contributed by atoms with Crippen LogP contribution in [-0.2, 0) is 13.6 Å². The van der Waals surface area contributed by atoms with Gasteiger partial charge in [0.05, 0.1) is 5.69 Å². The monoisotopic (exact) mass is 283 g/mol. The van der Waals surface area contributed by atoms with Crippen LogP contribution < -0.4 is 5.32 Å². The van der Waals surface area contributed by atoms with Gasteiger partial charge in [0.2, 0.25) is 12.3 Å². The topological polar surface area (TPSA) is 68.8 Å². The Morgan fingerprint density at radius 3 is 2.81 bits per heavy atom. The second-order valence-corrected chi connectivity index (χ2v) is 4.95. The second kappa shape index (κ2) is 5.40. The predicted octanol–water partition coefficient (Wildman–Crippen LogP) is 2.70. The zero-order valence-electron chi connectivity index (χ0n) is 12.3. The van der Waals surface area contributed by atoms with Crippen LogP contribution in [0.2, 0.25) is 0 Å². The fourth-order valence-electron chi connectivity index (χ4n) is 2.32. The number of hydrogen-bond donors (Lipinski definition) is 1. The third-order valence-corrected chi connectivity index (χ3v) is 3.60. The molecule has 21 heavy (non-hydrogen) atoms. The standard InChI is InChI=1S/C15H17N5O/c1-10-14(11(2)20(3)19-10)8-16-13-6-4-5-12(7-13)15-18-17-9-21-15/h4-7,9,16H,8H2,1-3H3. The first kappa shape index (κ1) is 13.4. The Balaban J connectivity index is 1.78. The summed E-state index contributed by atoms with van der Waals surface area (Å²) in [5.74, 6) is 0.521. The van der Waals surface area contributed by atoms with E-state index in [1.807, 2.05) is 42.9 Å². The predicted molar refractivity (Wildman–Crippen MR) is 79.7 cm³/mol. The van der Waals surface area contributed by atoms with Crippen LogP contribution in [0.3, 0.4) is 0 Å². The fraction of sp³-hybridized carbons (Fsp3) is 0.267. The Labute approximate surface area is 122 Å². The molecule has 6 heteroatoms. The highest BCUT2D eigenvalue weighted by atomic mass is 16.4. The van der Waals surface area contributed by atoms with Crippen molar-refractivity contribution in [3.8, 4) is 11.5 Å². The molecule has 0 aliphatic rings. The summed E-state index contributed by atoms with van der Waals surface area (Å²) < 4.78 is 7.12. The molecule has 0 saturated heterocycles. The number of aryl methyl sites for hydroxylation is 2. The molecule has 3 aromatic rings. The van der Waals surface area contributed by atoms with Crippen LogP contribution in [0, 0.1) is 13.8 Å². The van der Waals surface area contributed by atoms with Gasteiger partial charge in [-0.3, -0.25) is 4.68 Å². The first-order valence-corrected chi connectivity index (χ1v) is 6.74. The van der Waals surface area contributed by atoms with Gasteiger partial charge in [-0.25, -0.2) is 0 Å². The summed E-state index contributed by atoms with van der Waals surface area (Å²) in [4.78, 5) is 0. The molecule has 0 saturated carbocycles. The highest BCUT2D eigenvalue weighted by Gasteiger charge is 2.09. The molecule has 2 heterocycles. The number of aromatic nitrogens is 4. The lowest BCUT2D eigenvalue weighted by molar-refractivity contribution is 0.568. The Bertz CT molecular complexity index is 746. The van der Waals surface area contributed by atoms with E-state index in [1.165, 1.54) is 17.7 Å². The van der Waals surface area contributed by atoms with Gasteiger partial charge in [0.1, 0.15) is 0 Å². The lowest BCUT2D eigenvalue weighted by Gasteiger charge is -2.08. The molecular weight excluding hydrogens is 266 g/mol. The van der Waals surface area contributed by atoms with Crippen molar-refractivity contribution in [2.45, 2.75) is 20.4 Å². The maximum Gasteiger partial charge on any atom is 0.247 e. The van der Waals surface area contributed by atoms with Crippen molar-refractivity contribution >= 4 is 5.69 Å². The summed E-state index contributed by atoms with van der Waals surface area (Å²) in [5, 5.41) is 15.5. The average molecular weight is 283 g/mol. The van der Waals surface area contributed by atoms with Gasteiger partial charge in [-0.15, -0.1) is 10.2 Å². The molecule has 0 aliphatic carbocycles. The normalized spacial score (nSPS) is 10.8. The molecule has 2 aromatic heterocycles. The van der Waals surface area contributed by atoms with Crippen molar-refractivity contribution in [1.82, 2.24) is 20.0 Å². The van der Waals surface area contributed by atoms with Gasteiger partial charge >= 0.3 is 0 Å². The van der Waals surface area contributed by atoms with Crippen LogP contribution in [0.1, 0.15) is 17.0 Å². The van der Waals surface area contributed by atoms with E-state index in [-0.39, 0.29) is 0 Å². The van der Waals surface area contributed by atoms with Crippen molar-refractivity contribution in [3.05, 3.63) is 47.6 Å². The summed E-state index contributed by atoms with van der Waals surface area (Å²) >= 11 is 0. The number of nitrogens with one attached hydrogen (secondary N) is 1. The zero-order valence-corrected chi connectivity index (χ0v) is 12.3. The van der Waals surface area contributed by atoms with E-state index < -0.39 is 0 Å². The van der Waals surface area contributed by atoms with Gasteiger partial charge in [0.25, 0.3) is 0 Å². The molecule has 0 unspecified atom stereocenters. The van der Waals surface area contributed by atoms with Gasteiger partial charge in [-0.2, -0.15) is 5.10 Å². The quantitative estimate of drug-likeness (QED) is 0.797. The van der Waals surface area contributed by atoms with Crippen LogP contribution in [0.4, 0.5) is 5.69 Å². The molecule has 0 spiro atoms. The molecule has 0 atom stereocenters. The molecule has 1 aromatic carbocycles. The van der Waals surface area contributed by atoms with Crippen LogP contribution in [0.5, 0.6) is 0 Å². The number of nitrogens with zero attached hydrogens (tertiary/aromatic N) is 4. The molecule has 108 valence electrons. The van der Waals surface area contributed by atoms with Crippen molar-refractivity contribution < 1.29 is 4.42 Å². The summed E-state index contributed by atoms with van der Waals surface area (Å²) in [6.07, 6.45) is 1.33. The molecule has 3 rings (SSSR count). The second-order valence-electron chi connectivity index (χ2n) is 4.95. The van der Waals surface area contributed by atoms with E-state index in [2.05, 4.69) is 27.5 Å². The minimum Gasteiger partial charge on any atom is -0.423 e. The Morgan fingerprint density at radius 2 is 2.14 bits per heavy atom. The van der Waals surface area contributed by atoms with Crippen LogP contribution in [0.15, 0.2) is 35.1 Å². The van der Waals surface area contributed by atoms with Gasteiger partial charge < -0.3 is 9.73 Å². The SMILES string of the molecule is Cc1nn(C)c(C)c1CNc1cccc(-c2nnco2)c1. The van der Waals surface area contributed by atoms with E-state index in [0.29, 0.717) is 5.89 Å². The van der Waals surface area contributed by atoms with Gasteiger partial charge in [-0.05, 0) is 32.0 Å². The van der Waals surface area contributed by atoms with Crippen LogP contribution >= 0.6 is 0 Å². The van der Waals surface area contributed by atoms with E-state index >= 15 is 0 Å². The molecule has 0 fully saturated rings. The summed E-state index contributed by atoms with van der Waals surface area (Å²) in [6, 6.07) is 7.92. The Kier molecular flexibility index (Phi) is 3.43. The molecule has 0 amide bonds. The third kappa shape index (κ3) is 2.65. The van der Waals surface area contributed by atoms with E-state index in [0.717, 1.165) is 23.5 Å². The summed E-state index contributed by atoms with van der Waals surface area (Å²) in [6.45, 7) is 4.84. The van der Waals surface area contributed by atoms with Crippen LogP contribution in [0.25, 0.3) is 11.5 Å².